The summed E-state index contributed by atoms with van der Waals surface area (Å²) in [5, 5.41) is 6.01. The van der Waals surface area contributed by atoms with Gasteiger partial charge in [-0.1, -0.05) is 0 Å². The van der Waals surface area contributed by atoms with E-state index in [1.807, 2.05) is 17.4 Å². The maximum absolute atomic E-state index is 14.2. The molecule has 0 saturated heterocycles. The lowest BCUT2D eigenvalue weighted by Crippen LogP contribution is -2.29. The van der Waals surface area contributed by atoms with Crippen LogP contribution in [0.15, 0.2) is 55.0 Å². The number of carbonyl (C=O) groups excluding carboxylic acids is 2. The quantitative estimate of drug-likeness (QED) is 0.279. The van der Waals surface area contributed by atoms with Crippen LogP contribution in [-0.4, -0.2) is 53.4 Å². The average molecular weight is 477 g/mol. The van der Waals surface area contributed by atoms with Gasteiger partial charge in [0.15, 0.2) is 28.8 Å². The largest absolute Gasteiger partial charge is 0.494 e. The first kappa shape index (κ1) is 23.8. The molecule has 2 aromatic carbocycles. The molecule has 0 radical (unpaired) electrons. The van der Waals surface area contributed by atoms with Crippen LogP contribution in [0.1, 0.15) is 15.9 Å². The van der Waals surface area contributed by atoms with E-state index < -0.39 is 11.8 Å². The number of methoxy groups -OCH3 is 2. The minimum Gasteiger partial charge on any atom is -0.494 e. The van der Waals surface area contributed by atoms with E-state index in [1.165, 1.54) is 20.3 Å². The highest BCUT2D eigenvalue weighted by Crippen LogP contribution is 2.28. The second-order valence-electron chi connectivity index (χ2n) is 7.72. The summed E-state index contributed by atoms with van der Waals surface area (Å²) in [7, 11) is 2.71. The summed E-state index contributed by atoms with van der Waals surface area (Å²) in [6.07, 6.45) is 5.02. The SMILES string of the molecule is COC(=O)CNCC(=O)c1ccc(Nc2nccn3c(-c4ccc(OC)c(F)c4)cnc23)cc1C. The third-order valence-corrected chi connectivity index (χ3v) is 5.45. The predicted molar refractivity (Wildman–Crippen MR) is 129 cm³/mol. The summed E-state index contributed by atoms with van der Waals surface area (Å²) >= 11 is 0. The van der Waals surface area contributed by atoms with Gasteiger partial charge in [0.25, 0.3) is 0 Å². The molecule has 0 unspecified atom stereocenters. The molecule has 0 amide bonds. The van der Waals surface area contributed by atoms with E-state index in [-0.39, 0.29) is 24.6 Å². The van der Waals surface area contributed by atoms with Gasteiger partial charge in [-0.05, 0) is 48.9 Å². The van der Waals surface area contributed by atoms with Crippen molar-refractivity contribution in [3.05, 3.63) is 71.9 Å². The van der Waals surface area contributed by atoms with E-state index in [2.05, 4.69) is 25.3 Å². The zero-order chi connectivity index (χ0) is 24.9. The molecule has 4 rings (SSSR count). The fourth-order valence-corrected chi connectivity index (χ4v) is 3.68. The van der Waals surface area contributed by atoms with Gasteiger partial charge in [0.1, 0.15) is 0 Å². The number of ether oxygens (including phenoxy) is 2. The fraction of sp³-hybridized carbons (Fsp3) is 0.200. The van der Waals surface area contributed by atoms with Gasteiger partial charge in [0, 0.05) is 29.2 Å². The molecule has 10 heteroatoms. The van der Waals surface area contributed by atoms with Crippen LogP contribution in [-0.2, 0) is 9.53 Å². The Balaban J connectivity index is 1.54. The first-order valence-corrected chi connectivity index (χ1v) is 10.8. The minimum absolute atomic E-state index is 0.0202. The van der Waals surface area contributed by atoms with Crippen LogP contribution in [0.2, 0.25) is 0 Å². The topological polar surface area (TPSA) is 107 Å². The predicted octanol–water partition coefficient (Wildman–Crippen LogP) is 3.54. The Labute approximate surface area is 200 Å². The molecule has 0 spiro atoms. The van der Waals surface area contributed by atoms with Crippen molar-refractivity contribution >= 4 is 28.9 Å². The maximum atomic E-state index is 14.2. The number of imidazole rings is 1. The number of carbonyl (C=O) groups is 2. The van der Waals surface area contributed by atoms with Crippen LogP contribution >= 0.6 is 0 Å². The number of hydrogen-bond acceptors (Lipinski definition) is 8. The van der Waals surface area contributed by atoms with Crippen LogP contribution in [0.3, 0.4) is 0 Å². The van der Waals surface area contributed by atoms with Gasteiger partial charge in [-0.3, -0.25) is 19.3 Å². The van der Waals surface area contributed by atoms with Crippen molar-refractivity contribution in [2.45, 2.75) is 6.92 Å². The molecule has 2 N–H and O–H groups in total. The summed E-state index contributed by atoms with van der Waals surface area (Å²) in [6.45, 7) is 1.82. The highest BCUT2D eigenvalue weighted by Gasteiger charge is 2.14. The van der Waals surface area contributed by atoms with E-state index in [0.29, 0.717) is 28.3 Å². The fourth-order valence-electron chi connectivity index (χ4n) is 3.68. The van der Waals surface area contributed by atoms with Gasteiger partial charge in [0.05, 0.1) is 39.2 Å². The Hall–Kier alpha value is -4.31. The lowest BCUT2D eigenvalue weighted by molar-refractivity contribution is -0.139. The van der Waals surface area contributed by atoms with Crippen LogP contribution in [0.25, 0.3) is 16.9 Å². The second-order valence-corrected chi connectivity index (χ2v) is 7.72. The van der Waals surface area contributed by atoms with E-state index in [4.69, 9.17) is 4.74 Å². The Morgan fingerprint density at radius 1 is 1.09 bits per heavy atom. The number of fused-ring (bicyclic) bond motifs is 1. The molecule has 9 nitrogen and oxygen atoms in total. The zero-order valence-electron chi connectivity index (χ0n) is 19.5. The third-order valence-electron chi connectivity index (χ3n) is 5.45. The molecule has 0 bridgehead atoms. The average Bonchev–Trinajstić information content (AvgIpc) is 3.29. The monoisotopic (exact) mass is 477 g/mol. The van der Waals surface area contributed by atoms with Gasteiger partial charge in [-0.15, -0.1) is 0 Å². The van der Waals surface area contributed by atoms with Crippen molar-refractivity contribution in [1.82, 2.24) is 19.7 Å². The molecule has 2 aromatic heterocycles. The first-order valence-electron chi connectivity index (χ1n) is 10.8. The minimum atomic E-state index is -0.460. The lowest BCUT2D eigenvalue weighted by atomic mass is 10.0. The van der Waals surface area contributed by atoms with Gasteiger partial charge < -0.3 is 14.8 Å². The molecule has 2 heterocycles. The van der Waals surface area contributed by atoms with Crippen molar-refractivity contribution in [3.63, 3.8) is 0 Å². The smallest absolute Gasteiger partial charge is 0.319 e. The standard InChI is InChI=1S/C25H24FN5O4/c1-15-10-17(5-6-18(15)21(32)13-27-14-23(33)35-3)30-24-25-29-12-20(31(25)9-8-28-24)16-4-7-22(34-2)19(26)11-16/h4-12,27H,13-14H2,1-3H3,(H,28,30). The molecule has 180 valence electrons. The number of rotatable bonds is 9. The number of nitrogens with zero attached hydrogens (tertiary/aromatic N) is 3. The Morgan fingerprint density at radius 2 is 1.91 bits per heavy atom. The normalized spacial score (nSPS) is 10.9. The number of halogens is 1. The molecular weight excluding hydrogens is 453 g/mol. The number of Topliss-reactive ketones (excluding diaryl/α,β-unsaturated/α-hetero) is 1. The van der Waals surface area contributed by atoms with E-state index in [0.717, 1.165) is 11.3 Å². The summed E-state index contributed by atoms with van der Waals surface area (Å²) in [6, 6.07) is 10.1. The van der Waals surface area contributed by atoms with E-state index in [1.54, 1.807) is 42.9 Å². The van der Waals surface area contributed by atoms with Gasteiger partial charge >= 0.3 is 5.97 Å². The number of anilines is 2. The van der Waals surface area contributed by atoms with Gasteiger partial charge in [-0.25, -0.2) is 14.4 Å². The number of ketones is 1. The van der Waals surface area contributed by atoms with Gasteiger partial charge in [-0.2, -0.15) is 0 Å². The van der Waals surface area contributed by atoms with Crippen molar-refractivity contribution < 1.29 is 23.5 Å². The van der Waals surface area contributed by atoms with Crippen LogP contribution in [0.4, 0.5) is 15.9 Å². The highest BCUT2D eigenvalue weighted by molar-refractivity contribution is 5.99. The van der Waals surface area contributed by atoms with Crippen molar-refractivity contribution in [3.8, 4) is 17.0 Å². The Morgan fingerprint density at radius 3 is 2.63 bits per heavy atom. The van der Waals surface area contributed by atoms with E-state index in [9.17, 15) is 14.0 Å². The Kier molecular flexibility index (Phi) is 7.02. The number of esters is 1. The number of hydrogen-bond donors (Lipinski definition) is 2. The molecule has 0 atom stereocenters. The summed E-state index contributed by atoms with van der Waals surface area (Å²) in [5.74, 6) is -0.357. The maximum Gasteiger partial charge on any atom is 0.319 e. The van der Waals surface area contributed by atoms with Crippen molar-refractivity contribution in [1.29, 1.82) is 0 Å². The molecule has 0 saturated carbocycles. The number of nitrogens with one attached hydrogen (secondary N) is 2. The summed E-state index contributed by atoms with van der Waals surface area (Å²) < 4.78 is 25.6. The summed E-state index contributed by atoms with van der Waals surface area (Å²) in [5.41, 5.74) is 3.94. The van der Waals surface area contributed by atoms with Crippen LogP contribution < -0.4 is 15.4 Å². The van der Waals surface area contributed by atoms with Gasteiger partial charge in [0.2, 0.25) is 0 Å². The zero-order valence-corrected chi connectivity index (χ0v) is 19.5. The number of aromatic nitrogens is 3. The lowest BCUT2D eigenvalue weighted by Gasteiger charge is -2.11. The molecule has 0 aliphatic rings. The second kappa shape index (κ2) is 10.3. The molecule has 4 aromatic rings. The molecule has 0 aliphatic heterocycles. The summed E-state index contributed by atoms with van der Waals surface area (Å²) in [4.78, 5) is 32.5. The number of benzene rings is 2. The van der Waals surface area contributed by atoms with Crippen molar-refractivity contribution in [2.24, 2.45) is 0 Å². The molecule has 35 heavy (non-hydrogen) atoms. The van der Waals surface area contributed by atoms with Crippen molar-refractivity contribution in [2.75, 3.05) is 32.6 Å². The third kappa shape index (κ3) is 5.12. The number of aryl methyl sites for hydroxylation is 1. The molecule has 0 aliphatic carbocycles. The van der Waals surface area contributed by atoms with Crippen LogP contribution in [0, 0.1) is 12.7 Å². The highest BCUT2D eigenvalue weighted by atomic mass is 19.1. The Bertz CT molecular complexity index is 1400. The van der Waals surface area contributed by atoms with Crippen LogP contribution in [0.5, 0.6) is 5.75 Å². The molecule has 0 fully saturated rings. The van der Waals surface area contributed by atoms with E-state index >= 15 is 0 Å². The molecular formula is C25H24FN5O4. The first-order chi connectivity index (χ1) is 16.9.